The minimum absolute atomic E-state index is 0.0270. The number of sulfonamides is 1. The molecule has 0 fully saturated rings. The van der Waals surface area contributed by atoms with Crippen LogP contribution in [-0.4, -0.2) is 73.1 Å². The first-order valence-electron chi connectivity index (χ1n) is 12.7. The monoisotopic (exact) mass is 572 g/mol. The molecule has 0 unspecified atom stereocenters. The van der Waals surface area contributed by atoms with E-state index in [1.54, 1.807) is 42.4 Å². The summed E-state index contributed by atoms with van der Waals surface area (Å²) in [6, 6.07) is 14.1. The first kappa shape index (κ1) is 28.8. The van der Waals surface area contributed by atoms with Gasteiger partial charge >= 0.3 is 0 Å². The number of pyridine rings is 1. The molecule has 9 nitrogen and oxygen atoms in total. The number of halogens is 1. The smallest absolute Gasteiger partial charge is 0.262 e. The summed E-state index contributed by atoms with van der Waals surface area (Å²) in [7, 11) is -2.02. The van der Waals surface area contributed by atoms with E-state index in [0.29, 0.717) is 24.7 Å². The Bertz CT molecular complexity index is 1390. The maximum absolute atomic E-state index is 13.7. The van der Waals surface area contributed by atoms with E-state index in [2.05, 4.69) is 14.6 Å². The molecule has 11 heteroatoms. The topological polar surface area (TPSA) is 112 Å². The van der Waals surface area contributed by atoms with Crippen LogP contribution in [0.25, 0.3) is 0 Å². The summed E-state index contributed by atoms with van der Waals surface area (Å²) >= 11 is 5.94. The normalized spacial score (nSPS) is 18.6. The zero-order valence-electron chi connectivity index (χ0n) is 22.1. The van der Waals surface area contributed by atoms with Crippen LogP contribution in [0, 0.1) is 5.92 Å². The van der Waals surface area contributed by atoms with Gasteiger partial charge in [-0.2, -0.15) is 0 Å². The van der Waals surface area contributed by atoms with Crippen molar-refractivity contribution in [2.24, 2.45) is 5.92 Å². The first-order valence-corrected chi connectivity index (χ1v) is 14.5. The molecule has 0 saturated carbocycles. The van der Waals surface area contributed by atoms with Crippen LogP contribution in [0.15, 0.2) is 71.9 Å². The molecule has 1 aliphatic heterocycles. The molecule has 0 radical (unpaired) electrons. The Hall–Kier alpha value is -3.18. The van der Waals surface area contributed by atoms with Crippen molar-refractivity contribution in [3.8, 4) is 5.75 Å². The molecular formula is C28H33ClN4O5S. The highest BCUT2D eigenvalue weighted by Crippen LogP contribution is 2.36. The van der Waals surface area contributed by atoms with Crippen molar-refractivity contribution in [3.63, 3.8) is 0 Å². The zero-order chi connectivity index (χ0) is 28.2. The maximum atomic E-state index is 13.7. The lowest BCUT2D eigenvalue weighted by molar-refractivity contribution is 0.0344. The molecule has 1 aromatic heterocycles. The average molecular weight is 573 g/mol. The number of hydrogen-bond acceptors (Lipinski definition) is 7. The van der Waals surface area contributed by atoms with Crippen LogP contribution in [0.3, 0.4) is 0 Å². The Balaban J connectivity index is 1.71. The fourth-order valence-electron chi connectivity index (χ4n) is 4.53. The first-order chi connectivity index (χ1) is 18.6. The third-order valence-electron chi connectivity index (χ3n) is 6.75. The summed E-state index contributed by atoms with van der Waals surface area (Å²) in [6.07, 6.45) is 3.10. The van der Waals surface area contributed by atoms with E-state index in [4.69, 9.17) is 16.3 Å². The second kappa shape index (κ2) is 12.3. The Morgan fingerprint density at radius 2 is 1.87 bits per heavy atom. The van der Waals surface area contributed by atoms with Gasteiger partial charge in [-0.3, -0.25) is 19.4 Å². The minimum Gasteiger partial charge on any atom is -0.486 e. The van der Waals surface area contributed by atoms with Crippen LogP contribution in [0.2, 0.25) is 5.02 Å². The van der Waals surface area contributed by atoms with Crippen LogP contribution in [0.4, 0.5) is 5.69 Å². The van der Waals surface area contributed by atoms with E-state index >= 15 is 0 Å². The summed E-state index contributed by atoms with van der Waals surface area (Å²) in [5, 5.41) is 10.3. The number of nitrogens with zero attached hydrogens (tertiary/aromatic N) is 3. The largest absolute Gasteiger partial charge is 0.486 e. The van der Waals surface area contributed by atoms with E-state index in [1.807, 2.05) is 26.1 Å². The lowest BCUT2D eigenvalue weighted by atomic mass is 9.99. The summed E-state index contributed by atoms with van der Waals surface area (Å²) < 4.78 is 35.6. The quantitative estimate of drug-likeness (QED) is 0.400. The number of fused-ring (bicyclic) bond motifs is 1. The van der Waals surface area contributed by atoms with E-state index in [-0.39, 0.29) is 40.3 Å². The molecule has 2 heterocycles. The van der Waals surface area contributed by atoms with Crippen LogP contribution < -0.4 is 9.46 Å². The van der Waals surface area contributed by atoms with Gasteiger partial charge in [0.05, 0.1) is 28.8 Å². The molecule has 2 aromatic carbocycles. The van der Waals surface area contributed by atoms with Gasteiger partial charge in [-0.25, -0.2) is 8.42 Å². The highest BCUT2D eigenvalue weighted by molar-refractivity contribution is 7.92. The van der Waals surface area contributed by atoms with E-state index in [9.17, 15) is 18.3 Å². The van der Waals surface area contributed by atoms with Crippen LogP contribution in [-0.2, 0) is 16.6 Å². The number of anilines is 1. The van der Waals surface area contributed by atoms with Crippen molar-refractivity contribution in [3.05, 3.63) is 83.1 Å². The van der Waals surface area contributed by atoms with Crippen molar-refractivity contribution in [2.45, 2.75) is 37.4 Å². The molecule has 2 N–H and O–H groups in total. The number of hydrogen-bond donors (Lipinski definition) is 2. The number of nitrogens with one attached hydrogen (secondary N) is 1. The number of aromatic nitrogens is 1. The standard InChI is InChI=1S/C28H33ClN4O5S/c1-19-15-33(20(2)18-34)28(35)24-5-4-6-25(31-39(36,37)23-9-7-22(29)8-10-23)27(24)38-26(19)17-32(3)16-21-11-13-30-14-12-21/h4-14,19-20,26,31,34H,15-18H2,1-3H3/t19-,20-,26-/m0/s1. The minimum atomic E-state index is -4.00. The van der Waals surface area contributed by atoms with Crippen molar-refractivity contribution in [2.75, 3.05) is 31.5 Å². The number of aliphatic hydroxyl groups is 1. The van der Waals surface area contributed by atoms with Crippen LogP contribution in [0.5, 0.6) is 5.75 Å². The van der Waals surface area contributed by atoms with Gasteiger partial charge in [-0.15, -0.1) is 0 Å². The molecule has 39 heavy (non-hydrogen) atoms. The van der Waals surface area contributed by atoms with E-state index in [1.165, 1.54) is 24.3 Å². The highest BCUT2D eigenvalue weighted by Gasteiger charge is 2.35. The fourth-order valence-corrected chi connectivity index (χ4v) is 5.72. The van der Waals surface area contributed by atoms with Gasteiger partial charge < -0.3 is 14.7 Å². The lowest BCUT2D eigenvalue weighted by Crippen LogP contribution is -2.49. The number of likely N-dealkylation sites (N-methyl/N-ethyl adjacent to an activating group) is 1. The Morgan fingerprint density at radius 3 is 2.54 bits per heavy atom. The third kappa shape index (κ3) is 6.88. The van der Waals surface area contributed by atoms with E-state index < -0.39 is 22.2 Å². The summed E-state index contributed by atoms with van der Waals surface area (Å²) in [6.45, 7) is 5.10. The van der Waals surface area contributed by atoms with Gasteiger partial charge in [0.25, 0.3) is 15.9 Å². The van der Waals surface area contributed by atoms with E-state index in [0.717, 1.165) is 5.56 Å². The number of rotatable bonds is 9. The second-order valence-electron chi connectivity index (χ2n) is 9.92. The molecule has 0 spiro atoms. The lowest BCUT2D eigenvalue weighted by Gasteiger charge is -2.38. The van der Waals surface area contributed by atoms with Crippen molar-refractivity contribution >= 4 is 33.2 Å². The number of benzene rings is 2. The molecule has 1 aliphatic rings. The average Bonchev–Trinajstić information content (AvgIpc) is 2.91. The number of amides is 1. The Morgan fingerprint density at radius 1 is 1.18 bits per heavy atom. The molecule has 3 aromatic rings. The summed E-state index contributed by atoms with van der Waals surface area (Å²) in [5.41, 5.74) is 1.47. The third-order valence-corrected chi connectivity index (χ3v) is 8.39. The predicted octanol–water partition coefficient (Wildman–Crippen LogP) is 3.89. The molecule has 1 amide bonds. The van der Waals surface area contributed by atoms with Gasteiger partial charge in [-0.05, 0) is 68.1 Å². The number of para-hydroxylation sites is 1. The Labute approximate surface area is 234 Å². The van der Waals surface area contributed by atoms with Crippen molar-refractivity contribution in [1.29, 1.82) is 0 Å². The molecule has 208 valence electrons. The number of ether oxygens (including phenoxy) is 1. The van der Waals surface area contributed by atoms with Gasteiger partial charge in [0, 0.05) is 43.0 Å². The maximum Gasteiger partial charge on any atom is 0.262 e. The van der Waals surface area contributed by atoms with Gasteiger partial charge in [0.1, 0.15) is 6.10 Å². The van der Waals surface area contributed by atoms with Crippen molar-refractivity contribution < 1.29 is 23.1 Å². The number of carbonyl (C=O) groups is 1. The molecule has 0 saturated heterocycles. The molecule has 0 aliphatic carbocycles. The zero-order valence-corrected chi connectivity index (χ0v) is 23.7. The highest BCUT2D eigenvalue weighted by atomic mass is 35.5. The SMILES string of the molecule is C[C@H]1CN([C@@H](C)CO)C(=O)c2cccc(NS(=O)(=O)c3ccc(Cl)cc3)c2O[C@H]1CN(C)Cc1ccncc1. The van der Waals surface area contributed by atoms with Crippen LogP contribution in [0.1, 0.15) is 29.8 Å². The van der Waals surface area contributed by atoms with Gasteiger partial charge in [-0.1, -0.05) is 24.6 Å². The number of aliphatic hydroxyl groups excluding tert-OH is 1. The molecular weight excluding hydrogens is 540 g/mol. The van der Waals surface area contributed by atoms with Gasteiger partial charge in [0.15, 0.2) is 5.75 Å². The Kier molecular flexibility index (Phi) is 9.12. The fraction of sp³-hybridized carbons (Fsp3) is 0.357. The molecule has 4 rings (SSSR count). The summed E-state index contributed by atoms with van der Waals surface area (Å²) in [4.78, 5) is 21.5. The summed E-state index contributed by atoms with van der Waals surface area (Å²) in [5.74, 6) is -0.310. The van der Waals surface area contributed by atoms with Crippen LogP contribution >= 0.6 is 11.6 Å². The number of carbonyl (C=O) groups excluding carboxylic acids is 1. The second-order valence-corrected chi connectivity index (χ2v) is 12.0. The molecule has 3 atom stereocenters. The molecule has 0 bridgehead atoms. The van der Waals surface area contributed by atoms with Crippen molar-refractivity contribution in [1.82, 2.24) is 14.8 Å². The predicted molar refractivity (Wildman–Crippen MR) is 150 cm³/mol. The van der Waals surface area contributed by atoms with Gasteiger partial charge in [0.2, 0.25) is 0 Å².